The summed E-state index contributed by atoms with van der Waals surface area (Å²) in [4.78, 5) is 69.6. The van der Waals surface area contributed by atoms with Crippen LogP contribution in [-0.4, -0.2) is 81.7 Å². The van der Waals surface area contributed by atoms with Crippen molar-refractivity contribution in [1.82, 2.24) is 10.2 Å². The van der Waals surface area contributed by atoms with Gasteiger partial charge in [0.25, 0.3) is 0 Å². The number of likely N-dealkylation sites (tertiary alicyclic amines) is 1. The molecule has 2 heterocycles. The predicted molar refractivity (Wildman–Crippen MR) is 357 cm³/mol. The van der Waals surface area contributed by atoms with Crippen LogP contribution in [0.2, 0.25) is 0 Å². The number of carbonyl (C=O) groups excluding carboxylic acids is 4. The summed E-state index contributed by atoms with van der Waals surface area (Å²) in [7, 11) is 0. The molecule has 0 amide bonds. The summed E-state index contributed by atoms with van der Waals surface area (Å²) < 4.78 is 0. The summed E-state index contributed by atoms with van der Waals surface area (Å²) in [6, 6.07) is 42.6. The highest BCUT2D eigenvalue weighted by molar-refractivity contribution is 9.09. The molecule has 5 aliphatic carbocycles. The lowest BCUT2D eigenvalue weighted by Gasteiger charge is -2.26. The highest BCUT2D eigenvalue weighted by Crippen LogP contribution is 2.50. The molecule has 5 atom stereocenters. The Morgan fingerprint density at radius 3 is 1.66 bits per heavy atom. The van der Waals surface area contributed by atoms with Gasteiger partial charge in [-0.15, -0.1) is 0 Å². The highest BCUT2D eigenvalue weighted by Gasteiger charge is 2.33. The van der Waals surface area contributed by atoms with Crippen molar-refractivity contribution in [2.75, 3.05) is 37.2 Å². The summed E-state index contributed by atoms with van der Waals surface area (Å²) in [6.45, 7) is 14.2. The third-order valence-electron chi connectivity index (χ3n) is 17.3. The Bertz CT molecular complexity index is 3070. The fourth-order valence-electron chi connectivity index (χ4n) is 12.0. The lowest BCUT2D eigenvalue weighted by atomic mass is 9.78. The zero-order chi connectivity index (χ0) is 62.5. The minimum absolute atomic E-state index is 0.0496. The van der Waals surface area contributed by atoms with Crippen LogP contribution in [0.25, 0.3) is 5.57 Å². The molecule has 11 nitrogen and oxygen atoms in total. The van der Waals surface area contributed by atoms with Gasteiger partial charge in [0.1, 0.15) is 11.6 Å². The molecule has 2 saturated carbocycles. The van der Waals surface area contributed by atoms with E-state index in [0.29, 0.717) is 41.1 Å². The molecule has 5 aromatic rings. The van der Waals surface area contributed by atoms with Gasteiger partial charge in [-0.3, -0.25) is 19.2 Å². The van der Waals surface area contributed by atoms with Crippen LogP contribution in [0.15, 0.2) is 169 Å². The van der Waals surface area contributed by atoms with Crippen molar-refractivity contribution in [3.8, 4) is 0 Å². The van der Waals surface area contributed by atoms with E-state index in [4.69, 9.17) is 10.8 Å². The van der Waals surface area contributed by atoms with Crippen LogP contribution in [0.1, 0.15) is 202 Å². The standard InChI is InChI=1S/C23H22O2.C15H18O2.C11H19N.C8H7BrO.C7H7NO2.C7H12O.C4H9N/c1-15-10-11-20-19(12-15)14-21(16-6-3-2-4-7-16)22(20)17-8-5-9-18(13-17)23(24)25;1-11-7-8-14(16)13(9-11)10-15(17)12-5-3-2-4-6-12;1-10-4-6-11(7-5-10)12-8-2-3-9-12;9-6-8(10)7-4-2-1-3-5-7;8-6-3-1-2-5(4-6)7(9)10;1-6-2-4-7(8)5-3-6;1-2-4-5-3-1/h2-9,13-15,22H,10-12H2,1H3,(H,24,25);2-6,11,13H,7-10H2,1H3;6,10H,2-5,7-9H2,1H3;1-5H,6H2;1-4H,8H2,(H,9,10);6H,2-5H2,1H3;5H,1-4H2. The smallest absolute Gasteiger partial charge is 0.335 e. The third-order valence-corrected chi connectivity index (χ3v) is 17.8. The number of nitrogen functional groups attached to an aromatic ring is 1. The number of alkyl halides is 1. The Balaban J connectivity index is 0.000000171. The molecular formula is C75H94BrN3O8. The number of rotatable bonds is 10. The van der Waals surface area contributed by atoms with Gasteiger partial charge < -0.3 is 26.2 Å². The van der Waals surface area contributed by atoms with Crippen LogP contribution in [0, 0.1) is 29.6 Å². The van der Waals surface area contributed by atoms with E-state index in [9.17, 15) is 33.9 Å². The van der Waals surface area contributed by atoms with Crippen LogP contribution in [0.5, 0.6) is 0 Å². The van der Waals surface area contributed by atoms with Crippen LogP contribution < -0.4 is 11.1 Å². The van der Waals surface area contributed by atoms with E-state index in [0.717, 1.165) is 85.8 Å². The number of benzene rings is 5. The maximum absolute atomic E-state index is 12.0. The zero-order valence-corrected chi connectivity index (χ0v) is 53.5. The van der Waals surface area contributed by atoms with Gasteiger partial charge >= 0.3 is 11.9 Å². The Hall–Kier alpha value is -7.02. The van der Waals surface area contributed by atoms with Gasteiger partial charge in [-0.2, -0.15) is 0 Å². The Kier molecular flexibility index (Phi) is 29.4. The minimum atomic E-state index is -0.952. The van der Waals surface area contributed by atoms with Gasteiger partial charge in [-0.05, 0) is 179 Å². The summed E-state index contributed by atoms with van der Waals surface area (Å²) in [5.74, 6) is 2.29. The molecule has 5 aromatic carbocycles. The first-order chi connectivity index (χ1) is 42.0. The number of aromatic carboxylic acids is 2. The van der Waals surface area contributed by atoms with Crippen LogP contribution in [0.3, 0.4) is 0 Å². The molecule has 464 valence electrons. The van der Waals surface area contributed by atoms with Crippen molar-refractivity contribution < 1.29 is 39.0 Å². The molecule has 12 heteroatoms. The normalized spacial score (nSPS) is 21.2. The van der Waals surface area contributed by atoms with Crippen molar-refractivity contribution in [3.05, 3.63) is 202 Å². The number of hydrogen-bond acceptors (Lipinski definition) is 9. The number of nitrogens with two attached hydrogens (primary N) is 1. The Labute approximate surface area is 526 Å². The van der Waals surface area contributed by atoms with E-state index in [2.05, 4.69) is 96.3 Å². The van der Waals surface area contributed by atoms with E-state index in [1.54, 1.807) is 23.9 Å². The van der Waals surface area contributed by atoms with Gasteiger partial charge in [0, 0.05) is 73.1 Å². The predicted octanol–water partition coefficient (Wildman–Crippen LogP) is 17.1. The van der Waals surface area contributed by atoms with Crippen LogP contribution in [-0.2, 0) is 9.59 Å². The lowest BCUT2D eigenvalue weighted by Crippen LogP contribution is -2.25. The maximum atomic E-state index is 12.0. The Morgan fingerprint density at radius 1 is 0.586 bits per heavy atom. The largest absolute Gasteiger partial charge is 0.478 e. The molecule has 5 N–H and O–H groups in total. The molecule has 0 bridgehead atoms. The molecule has 0 radical (unpaired) electrons. The molecule has 2 aliphatic heterocycles. The number of carboxylic acid groups (broad SMARTS) is 2. The van der Waals surface area contributed by atoms with Gasteiger partial charge in [0.2, 0.25) is 0 Å². The zero-order valence-electron chi connectivity index (χ0n) is 51.9. The third kappa shape index (κ3) is 23.5. The summed E-state index contributed by atoms with van der Waals surface area (Å²) >= 11 is 3.10. The lowest BCUT2D eigenvalue weighted by molar-refractivity contribution is -0.125. The van der Waals surface area contributed by atoms with Crippen molar-refractivity contribution in [1.29, 1.82) is 0 Å². The second-order valence-corrected chi connectivity index (χ2v) is 25.1. The first-order valence-corrected chi connectivity index (χ1v) is 32.9. The van der Waals surface area contributed by atoms with Gasteiger partial charge in [-0.1, -0.05) is 171 Å². The summed E-state index contributed by atoms with van der Waals surface area (Å²) in [5, 5.41) is 21.5. The van der Waals surface area contributed by atoms with Crippen molar-refractivity contribution in [3.63, 3.8) is 0 Å². The monoisotopic (exact) mass is 1240 g/mol. The number of carbonyl (C=O) groups is 6. The molecule has 5 unspecified atom stereocenters. The molecule has 2 saturated heterocycles. The average molecular weight is 1250 g/mol. The number of Topliss-reactive ketones (excluding diaryl/α,β-unsaturated/α-hetero) is 4. The fraction of sp³-hybridized carbons (Fsp3) is 0.440. The topological polar surface area (TPSA) is 184 Å². The molecule has 0 aromatic heterocycles. The number of anilines is 1. The second-order valence-electron chi connectivity index (χ2n) is 24.6. The summed E-state index contributed by atoms with van der Waals surface area (Å²) in [5.41, 5.74) is 16.1. The van der Waals surface area contributed by atoms with E-state index < -0.39 is 11.9 Å². The van der Waals surface area contributed by atoms with E-state index >= 15 is 0 Å². The first-order valence-electron chi connectivity index (χ1n) is 31.8. The van der Waals surface area contributed by atoms with Gasteiger partial charge in [-0.25, -0.2) is 9.59 Å². The maximum Gasteiger partial charge on any atom is 0.335 e. The second kappa shape index (κ2) is 37.0. The fourth-order valence-corrected chi connectivity index (χ4v) is 12.4. The van der Waals surface area contributed by atoms with Crippen molar-refractivity contribution in [2.45, 2.75) is 149 Å². The number of carboxylic acids is 2. The number of allylic oxidation sites excluding steroid dienone is 6. The molecule has 0 spiro atoms. The van der Waals surface area contributed by atoms with Gasteiger partial charge in [0.05, 0.1) is 16.5 Å². The SMILES string of the molecule is C1CCNC1.CC1CC=C(N2CCCC2)CC1.CC1CCC(=O)C(CC(=O)c2ccccc2)C1.CC1CCC(=O)CC1.CC1CCC2=C(C=C(c3ccccc3)C2c2cccc(C(=O)O)c2)C1.Nc1cccc(C(=O)O)c1.O=C(CBr)c1ccccc1. The number of nitrogens with zero attached hydrogens (tertiary/aromatic N) is 1. The van der Waals surface area contributed by atoms with Crippen LogP contribution in [0.4, 0.5) is 5.69 Å². The van der Waals surface area contributed by atoms with Crippen molar-refractivity contribution in [2.24, 2.45) is 29.6 Å². The number of hydrogen-bond donors (Lipinski definition) is 4. The molecule has 4 fully saturated rings. The number of ketones is 4. The highest BCUT2D eigenvalue weighted by atomic mass is 79.9. The summed E-state index contributed by atoms with van der Waals surface area (Å²) in [6.07, 6.45) is 24.7. The van der Waals surface area contributed by atoms with Crippen LogP contribution >= 0.6 is 15.9 Å². The van der Waals surface area contributed by atoms with E-state index in [1.807, 2.05) is 78.9 Å². The number of nitrogens with one attached hydrogen (secondary N) is 1. The molecule has 87 heavy (non-hydrogen) atoms. The van der Waals surface area contributed by atoms with Crippen molar-refractivity contribution >= 4 is 62.3 Å². The molecule has 12 rings (SSSR count). The average Bonchev–Trinajstić information content (AvgIpc) is 2.42. The van der Waals surface area contributed by atoms with Gasteiger partial charge in [0.15, 0.2) is 11.6 Å². The molecular weight excluding hydrogens is 1150 g/mol. The molecule has 7 aliphatic rings. The first kappa shape index (κ1) is 69.1. The number of halogens is 1. The van der Waals surface area contributed by atoms with E-state index in [-0.39, 0.29) is 34.7 Å². The van der Waals surface area contributed by atoms with E-state index in [1.165, 1.54) is 112 Å². The Morgan fingerprint density at radius 2 is 1.13 bits per heavy atom. The quantitative estimate of drug-likeness (QED) is 0.0593. The minimum Gasteiger partial charge on any atom is -0.478 e.